The van der Waals surface area contributed by atoms with Crippen LogP contribution in [0.4, 0.5) is 10.3 Å². The molecule has 506 valence electrons. The summed E-state index contributed by atoms with van der Waals surface area (Å²) in [7, 11) is 9.55. The predicted molar refractivity (Wildman–Crippen MR) is 344 cm³/mol. The molecular weight excluding hydrogens is 1350 g/mol. The largest absolute Gasteiger partial charge is 0.543 e. The highest BCUT2D eigenvalue weighted by Crippen LogP contribution is 2.52. The topological polar surface area (TPSA) is 475 Å². The Bertz CT molecular complexity index is 3870. The number of nitrogens with one attached hydrogen (secondary N) is 4. The number of hydrogen-bond acceptors (Lipinski definition) is 29. The number of rotatable bonds is 20. The Morgan fingerprint density at radius 2 is 1.36 bits per heavy atom. The molecule has 0 aliphatic carbocycles. The van der Waals surface area contributed by atoms with Gasteiger partial charge in [0.1, 0.15) is 66.4 Å². The first-order valence-corrected chi connectivity index (χ1v) is 34.5. The monoisotopic (exact) mass is 1420 g/mol. The van der Waals surface area contributed by atoms with Crippen molar-refractivity contribution in [2.45, 2.75) is 84.5 Å². The van der Waals surface area contributed by atoms with Crippen LogP contribution in [0.2, 0.25) is 0 Å². The first-order valence-electron chi connectivity index (χ1n) is 28.8. The fourth-order valence-electron chi connectivity index (χ4n) is 12.0. The number of fused-ring (bicyclic) bond motifs is 3. The van der Waals surface area contributed by atoms with E-state index in [0.29, 0.717) is 41.3 Å². The molecule has 34 nitrogen and oxygen atoms in total. The van der Waals surface area contributed by atoms with Crippen LogP contribution < -0.4 is 43.6 Å². The predicted octanol–water partition coefficient (Wildman–Crippen LogP) is -3.20. The van der Waals surface area contributed by atoms with Crippen molar-refractivity contribution in [2.75, 3.05) is 90.3 Å². The molecule has 5 fully saturated rings. The van der Waals surface area contributed by atoms with Gasteiger partial charge >= 0.3 is 23.1 Å². The van der Waals surface area contributed by atoms with Gasteiger partial charge in [0.25, 0.3) is 23.6 Å². The molecule has 8 aliphatic heterocycles. The maximum absolute atomic E-state index is 12.9. The van der Waals surface area contributed by atoms with E-state index >= 15 is 0 Å². The zero-order valence-electron chi connectivity index (χ0n) is 51.6. The van der Waals surface area contributed by atoms with E-state index in [0.717, 1.165) is 69.7 Å². The molecule has 0 unspecified atom stereocenters. The summed E-state index contributed by atoms with van der Waals surface area (Å²) in [5, 5.41) is 62.0. The number of nitrogens with zero attached hydrogens (tertiary/aromatic N) is 11. The van der Waals surface area contributed by atoms with Crippen molar-refractivity contribution in [1.29, 1.82) is 0 Å². The minimum atomic E-state index is -1.37. The molecule has 40 heteroatoms. The van der Waals surface area contributed by atoms with Crippen molar-refractivity contribution in [2.24, 2.45) is 29.2 Å². The van der Waals surface area contributed by atoms with Gasteiger partial charge in [-0.15, -0.1) is 58.0 Å². The highest BCUT2D eigenvalue weighted by molar-refractivity contribution is 8.03. The van der Waals surface area contributed by atoms with E-state index in [2.05, 4.69) is 53.4 Å². The highest BCUT2D eigenvalue weighted by Gasteiger charge is 2.61. The van der Waals surface area contributed by atoms with Crippen LogP contribution in [-0.2, 0) is 59.9 Å². The summed E-state index contributed by atoms with van der Waals surface area (Å²) in [6.45, 7) is 6.61. The van der Waals surface area contributed by atoms with Crippen LogP contribution in [0, 0.1) is 11.8 Å². The van der Waals surface area contributed by atoms with E-state index < -0.39 is 87.5 Å². The molecule has 0 bridgehead atoms. The zero-order valence-corrected chi connectivity index (χ0v) is 56.5. The number of aliphatic carboxylic acids is 3. The standard InChI is InChI=1S/C19H24N6O5S2.C18H18N8O7S3.C17H25N3O5S/c1-25(5-3-4-6-25)7-10-8-31-17-13(16(27)24(17)14(10)18(28)29)22-15(26)12(23-30-2)11-9-32-19(20)21-11;1-25-18(22-12(28)13(29)23-25)36-4-6-3-34-15-9(14(30)26(15)10(6)16(31)32)21-11(27)8(24-33-2)7-5-35-17(19)20-7;1-7-12-11(8(2)21)16(23)20(12)13(17(24)25)14(7)26-9-5-10(18-6-9)15(22)19(3)4/h9,13,17H,3-8H2,1-2H3,(H3-,20,21,22,26,28,29);5,9,15H,3-4H2,1-2H3,(H2,19,20)(H,21,27)(H,23,29)(H,31,32);7-12,18,21H,5-6H2,1-4H3,(H,24,25)/b23-12+;24-8-;/t13-,17-;9-,15-;7-,8-,9+,10+,11-,12-/m111/s1. The molecule has 0 aromatic carbocycles. The second kappa shape index (κ2) is 29.0. The van der Waals surface area contributed by atoms with Crippen LogP contribution >= 0.6 is 69.7 Å². The number of nitrogen functional groups attached to an aromatic ring is 2. The van der Waals surface area contributed by atoms with Gasteiger partial charge in [-0.2, -0.15) is 4.98 Å². The lowest BCUT2D eigenvalue weighted by molar-refractivity contribution is -0.893. The molecule has 6 amide bonds. The molecule has 94 heavy (non-hydrogen) atoms. The number of aromatic nitrogens is 5. The number of anilines is 2. The number of aliphatic hydroxyl groups is 1. The van der Waals surface area contributed by atoms with E-state index in [-0.39, 0.29) is 102 Å². The third-order valence-electron chi connectivity index (χ3n) is 16.4. The summed E-state index contributed by atoms with van der Waals surface area (Å²) in [4.78, 5) is 162. The summed E-state index contributed by atoms with van der Waals surface area (Å²) >= 11 is 7.43. The average molecular weight is 1420 g/mol. The second-order valence-corrected chi connectivity index (χ2v) is 29.2. The third kappa shape index (κ3) is 14.2. The van der Waals surface area contributed by atoms with Gasteiger partial charge in [-0.25, -0.2) is 19.6 Å². The first-order chi connectivity index (χ1) is 44.5. The van der Waals surface area contributed by atoms with E-state index in [1.165, 1.54) is 76.4 Å². The summed E-state index contributed by atoms with van der Waals surface area (Å²) in [6.07, 6.45) is 2.02. The minimum absolute atomic E-state index is 0.00757. The maximum Gasteiger partial charge on any atom is 0.353 e. The second-order valence-electron chi connectivity index (χ2n) is 23.0. The summed E-state index contributed by atoms with van der Waals surface area (Å²) in [5.74, 6) is -6.49. The number of carboxylic acids is 3. The molecule has 0 saturated carbocycles. The van der Waals surface area contributed by atoms with Crippen molar-refractivity contribution in [1.82, 2.24) is 60.3 Å². The Morgan fingerprint density at radius 1 is 0.830 bits per heavy atom. The number of thioether (sulfide) groups is 4. The molecular formula is C54H67N17O17S6. The summed E-state index contributed by atoms with van der Waals surface area (Å²) < 4.78 is 2.01. The van der Waals surface area contributed by atoms with Gasteiger partial charge in [0.05, 0.1) is 55.9 Å². The Labute approximate surface area is 559 Å². The fourth-order valence-corrected chi connectivity index (χ4v) is 18.3. The number of oxime groups is 2. The van der Waals surface area contributed by atoms with Gasteiger partial charge in [0, 0.05) is 90.2 Å². The molecule has 0 radical (unpaired) electrons. The number of carboxylic acid groups (broad SMARTS) is 3. The van der Waals surface area contributed by atoms with Crippen molar-refractivity contribution >= 4 is 145 Å². The SMILES string of the molecule is CO/N=C(/C(=O)N[C@@H]1C(=O)N2C(C(=O)[O-])=C(C[N+]3(C)CCCC3)CS[C@H]12)c1csc(N)n1.CO/N=C(\C(=O)N[C@@H]1C(=O)N2C(C(=O)O)=C(CSc3nc(=O)c(=O)[nH]n3C)CS[C@H]12)c1csc(N)n1.C[C@@H](O)[C@H]1C(=O)N2C(C(=O)O)=C(S[C@@H]3CN[C@H](C(=O)N(C)C)C3)[C@H](C)[C@H]12. The van der Waals surface area contributed by atoms with E-state index in [1.807, 2.05) is 6.92 Å². The number of amides is 6. The van der Waals surface area contributed by atoms with Crippen molar-refractivity contribution in [3.05, 3.63) is 76.0 Å². The maximum atomic E-state index is 12.9. The number of aryl methyl sites for hydroxylation is 1. The van der Waals surface area contributed by atoms with Crippen molar-refractivity contribution < 1.29 is 77.7 Å². The zero-order chi connectivity index (χ0) is 68.5. The first kappa shape index (κ1) is 70.5. The normalized spacial score (nSPS) is 25.5. The van der Waals surface area contributed by atoms with Crippen LogP contribution in [0.1, 0.15) is 44.5 Å². The number of likely N-dealkylation sites (N-methyl/N-ethyl adjacent to an activating group) is 2. The van der Waals surface area contributed by atoms with E-state index in [1.54, 1.807) is 31.3 Å². The number of H-pyrrole nitrogens is 1. The smallest absolute Gasteiger partial charge is 0.353 e. The number of aliphatic hydroxyl groups excluding tert-OH is 1. The molecule has 11 N–H and O–H groups in total. The van der Waals surface area contributed by atoms with Crippen molar-refractivity contribution in [3.8, 4) is 0 Å². The van der Waals surface area contributed by atoms with Gasteiger partial charge in [-0.05, 0) is 18.9 Å². The number of carbonyl (C=O) groups is 9. The lowest BCUT2D eigenvalue weighted by Crippen LogP contribution is -2.71. The molecule has 5 saturated heterocycles. The number of aromatic amines is 1. The highest BCUT2D eigenvalue weighted by atomic mass is 32.2. The molecule has 11 heterocycles. The lowest BCUT2D eigenvalue weighted by atomic mass is 9.79. The summed E-state index contributed by atoms with van der Waals surface area (Å²) in [5.41, 5.74) is 10.4. The molecule has 0 spiro atoms. The number of β-lactam (4-membered cyclic amide) rings is 3. The number of quaternary nitrogens is 1. The van der Waals surface area contributed by atoms with Gasteiger partial charge in [-0.3, -0.25) is 57.9 Å². The third-order valence-corrected chi connectivity index (χ3v) is 23.0. The minimum Gasteiger partial charge on any atom is -0.543 e. The number of hydrogen-bond donors (Lipinski definition) is 9. The van der Waals surface area contributed by atoms with Gasteiger partial charge in [-0.1, -0.05) is 29.0 Å². The van der Waals surface area contributed by atoms with Gasteiger partial charge in [0.15, 0.2) is 26.8 Å². The van der Waals surface area contributed by atoms with Crippen molar-refractivity contribution in [3.63, 3.8) is 0 Å². The molecule has 10 atom stereocenters. The van der Waals surface area contributed by atoms with E-state index in [9.17, 15) is 73.2 Å². The van der Waals surface area contributed by atoms with Crippen LogP contribution in [0.3, 0.4) is 0 Å². The van der Waals surface area contributed by atoms with E-state index in [4.69, 9.17) is 21.1 Å². The molecule has 3 aromatic rings. The van der Waals surface area contributed by atoms with Crippen LogP contribution in [0.15, 0.2) is 69.0 Å². The van der Waals surface area contributed by atoms with Gasteiger partial charge in [0.2, 0.25) is 11.8 Å². The summed E-state index contributed by atoms with van der Waals surface area (Å²) in [6, 6.07) is -2.45. The lowest BCUT2D eigenvalue weighted by Gasteiger charge is -2.51. The van der Waals surface area contributed by atoms with Crippen LogP contribution in [0.25, 0.3) is 0 Å². The number of thiazole rings is 2. The van der Waals surface area contributed by atoms with Gasteiger partial charge < -0.3 is 76.6 Å². The van der Waals surface area contributed by atoms with Crippen LogP contribution in [0.5, 0.6) is 0 Å². The van der Waals surface area contributed by atoms with Crippen LogP contribution in [-0.4, -0.2) is 254 Å². The Morgan fingerprint density at radius 3 is 1.84 bits per heavy atom. The molecule has 3 aromatic heterocycles. The molecule has 8 aliphatic rings. The number of carbonyl (C=O) groups excluding carboxylic acids is 7. The molecule has 11 rings (SSSR count). The average Bonchev–Trinajstić information content (AvgIpc) is 1.39. The Kier molecular flexibility index (Phi) is 21.7. The Hall–Kier alpha value is -7.86. The number of likely N-dealkylation sites (tertiary alicyclic amines) is 1. The Balaban J connectivity index is 0.000000168. The quantitative estimate of drug-likeness (QED) is 0.0134. The fraction of sp³-hybridized carbons (Fsp3) is 0.519. The number of nitrogens with two attached hydrogens (primary N) is 2.